The Morgan fingerprint density at radius 1 is 0.926 bits per heavy atom. The van der Waals surface area contributed by atoms with Gasteiger partial charge in [0.25, 0.3) is 0 Å². The molecule has 0 spiro atoms. The molecule has 2 aromatic heterocycles. The van der Waals surface area contributed by atoms with Crippen molar-refractivity contribution in [1.82, 2.24) is 9.61 Å². The molecule has 6 heteroatoms. The number of nitrogens with two attached hydrogens (primary N) is 1. The maximum atomic E-state index is 11.6. The van der Waals surface area contributed by atoms with Crippen LogP contribution in [0.5, 0.6) is 0 Å². The predicted octanol–water partition coefficient (Wildman–Crippen LogP) is 3.88. The van der Waals surface area contributed by atoms with Crippen LogP contribution in [0.3, 0.4) is 0 Å². The van der Waals surface area contributed by atoms with Crippen molar-refractivity contribution in [3.8, 4) is 22.4 Å². The average molecular weight is 377 g/mol. The number of benzene rings is 2. The van der Waals surface area contributed by atoms with Gasteiger partial charge in [-0.15, -0.1) is 0 Å². The van der Waals surface area contributed by atoms with Crippen molar-refractivity contribution in [2.24, 2.45) is 5.14 Å². The van der Waals surface area contributed by atoms with Crippen LogP contribution in [0.15, 0.2) is 77.8 Å². The zero-order valence-electron chi connectivity index (χ0n) is 14.8. The van der Waals surface area contributed by atoms with E-state index in [1.54, 1.807) is 12.1 Å². The Bertz CT molecular complexity index is 1210. The Morgan fingerprint density at radius 3 is 2.26 bits per heavy atom. The van der Waals surface area contributed by atoms with E-state index in [4.69, 9.17) is 10.2 Å². The van der Waals surface area contributed by atoms with Crippen LogP contribution < -0.4 is 5.14 Å². The van der Waals surface area contributed by atoms with E-state index >= 15 is 0 Å². The zero-order chi connectivity index (χ0) is 19.0. The lowest BCUT2D eigenvalue weighted by Gasteiger charge is -2.06. The van der Waals surface area contributed by atoms with Crippen LogP contribution >= 0.6 is 0 Å². The van der Waals surface area contributed by atoms with E-state index in [2.05, 4.69) is 19.1 Å². The van der Waals surface area contributed by atoms with E-state index in [0.717, 1.165) is 34.3 Å². The second-order valence-electron chi connectivity index (χ2n) is 6.38. The molecule has 2 heterocycles. The number of nitrogens with zero attached hydrogens (tertiary/aromatic N) is 2. The first-order chi connectivity index (χ1) is 13.0. The Labute approximate surface area is 158 Å². The van der Waals surface area contributed by atoms with Crippen molar-refractivity contribution in [2.45, 2.75) is 18.2 Å². The second kappa shape index (κ2) is 6.64. The van der Waals surface area contributed by atoms with E-state index in [-0.39, 0.29) is 4.90 Å². The lowest BCUT2D eigenvalue weighted by atomic mass is 9.99. The van der Waals surface area contributed by atoms with Crippen molar-refractivity contribution in [1.29, 1.82) is 0 Å². The minimum atomic E-state index is -3.72. The third-order valence-corrected chi connectivity index (χ3v) is 5.55. The molecule has 0 unspecified atom stereocenters. The molecule has 2 N–H and O–H groups in total. The maximum Gasteiger partial charge on any atom is 0.238 e. The van der Waals surface area contributed by atoms with Gasteiger partial charge in [0.05, 0.1) is 10.4 Å². The van der Waals surface area contributed by atoms with Crippen LogP contribution in [0.4, 0.5) is 0 Å². The average Bonchev–Trinajstić information content (AvgIpc) is 3.06. The highest BCUT2D eigenvalue weighted by Gasteiger charge is 2.17. The van der Waals surface area contributed by atoms with Crippen LogP contribution in [0.1, 0.15) is 12.5 Å². The fourth-order valence-corrected chi connectivity index (χ4v) is 3.71. The summed E-state index contributed by atoms with van der Waals surface area (Å²) in [6, 6.07) is 20.7. The second-order valence-corrected chi connectivity index (χ2v) is 7.94. The van der Waals surface area contributed by atoms with Crippen LogP contribution in [0.2, 0.25) is 0 Å². The van der Waals surface area contributed by atoms with Crippen molar-refractivity contribution in [3.05, 3.63) is 78.5 Å². The number of aryl methyl sites for hydroxylation is 1. The predicted molar refractivity (Wildman–Crippen MR) is 107 cm³/mol. The molecule has 0 aliphatic heterocycles. The minimum absolute atomic E-state index is 0.0947. The Kier molecular flexibility index (Phi) is 4.30. The van der Waals surface area contributed by atoms with Crippen LogP contribution in [0.25, 0.3) is 27.9 Å². The summed E-state index contributed by atoms with van der Waals surface area (Å²) in [5, 5.41) is 10.0. The normalized spacial score (nSPS) is 11.8. The molecule has 0 fully saturated rings. The smallest absolute Gasteiger partial charge is 0.238 e. The molecule has 27 heavy (non-hydrogen) atoms. The molecule has 0 saturated heterocycles. The van der Waals surface area contributed by atoms with Gasteiger partial charge < -0.3 is 0 Å². The molecule has 0 bridgehead atoms. The Morgan fingerprint density at radius 2 is 1.63 bits per heavy atom. The SMILES string of the molecule is CCc1ccc2c(-c3ccc(S(N)(=O)=O)cc3)c(-c3ccccc3)nn2c1. The molecule has 5 nitrogen and oxygen atoms in total. The van der Waals surface area contributed by atoms with Gasteiger partial charge >= 0.3 is 0 Å². The number of hydrogen-bond donors (Lipinski definition) is 1. The highest BCUT2D eigenvalue weighted by molar-refractivity contribution is 7.89. The number of primary sulfonamides is 1. The van der Waals surface area contributed by atoms with Gasteiger partial charge in [0.15, 0.2) is 0 Å². The summed E-state index contributed by atoms with van der Waals surface area (Å²) >= 11 is 0. The molecule has 0 atom stereocenters. The Hall–Kier alpha value is -2.96. The van der Waals surface area contributed by atoms with Crippen molar-refractivity contribution < 1.29 is 8.42 Å². The highest BCUT2D eigenvalue weighted by Crippen LogP contribution is 2.35. The van der Waals surface area contributed by atoms with E-state index in [0.29, 0.717) is 0 Å². The monoisotopic (exact) mass is 377 g/mol. The van der Waals surface area contributed by atoms with Gasteiger partial charge in [-0.1, -0.05) is 55.5 Å². The van der Waals surface area contributed by atoms with E-state index in [1.807, 2.05) is 41.0 Å². The van der Waals surface area contributed by atoms with Gasteiger partial charge in [-0.05, 0) is 35.7 Å². The minimum Gasteiger partial charge on any atom is -0.239 e. The van der Waals surface area contributed by atoms with Gasteiger partial charge in [-0.25, -0.2) is 18.1 Å². The summed E-state index contributed by atoms with van der Waals surface area (Å²) in [4.78, 5) is 0.0947. The van der Waals surface area contributed by atoms with Crippen molar-refractivity contribution in [3.63, 3.8) is 0 Å². The maximum absolute atomic E-state index is 11.6. The van der Waals surface area contributed by atoms with Gasteiger partial charge in [0, 0.05) is 17.3 Å². The molecule has 0 saturated carbocycles. The summed E-state index contributed by atoms with van der Waals surface area (Å²) in [5.74, 6) is 0. The van der Waals surface area contributed by atoms with E-state index in [9.17, 15) is 8.42 Å². The molecule has 2 aromatic carbocycles. The van der Waals surface area contributed by atoms with Crippen molar-refractivity contribution >= 4 is 15.5 Å². The molecule has 0 aliphatic rings. The molecule has 136 valence electrons. The molecule has 4 aromatic rings. The molecule has 0 amide bonds. The summed E-state index contributed by atoms with van der Waals surface area (Å²) < 4.78 is 25.0. The number of sulfonamides is 1. The first kappa shape index (κ1) is 17.5. The highest BCUT2D eigenvalue weighted by atomic mass is 32.2. The molecule has 4 rings (SSSR count). The third kappa shape index (κ3) is 3.25. The standard InChI is InChI=1S/C21H19N3O2S/c1-2-15-8-13-19-20(16-9-11-18(12-10-16)27(22,25)26)21(23-24(19)14-15)17-6-4-3-5-7-17/h3-14H,2H2,1H3,(H2,22,25,26). The van der Waals surface area contributed by atoms with Gasteiger partial charge in [0.1, 0.15) is 5.69 Å². The van der Waals surface area contributed by atoms with Gasteiger partial charge in [-0.3, -0.25) is 0 Å². The molecular formula is C21H19N3O2S. The summed E-state index contributed by atoms with van der Waals surface area (Å²) in [5.41, 5.74) is 5.87. The Balaban J connectivity index is 1.97. The zero-order valence-corrected chi connectivity index (χ0v) is 15.6. The van der Waals surface area contributed by atoms with Gasteiger partial charge in [0.2, 0.25) is 10.0 Å². The molecule has 0 radical (unpaired) electrons. The summed E-state index contributed by atoms with van der Waals surface area (Å²) in [7, 11) is -3.72. The van der Waals surface area contributed by atoms with Gasteiger partial charge in [-0.2, -0.15) is 5.10 Å². The molecular weight excluding hydrogens is 358 g/mol. The van der Waals surface area contributed by atoms with Crippen LogP contribution in [-0.4, -0.2) is 18.0 Å². The van der Waals surface area contributed by atoms with E-state index in [1.165, 1.54) is 17.7 Å². The first-order valence-corrected chi connectivity index (χ1v) is 10.2. The first-order valence-electron chi connectivity index (χ1n) is 8.67. The van der Waals surface area contributed by atoms with E-state index < -0.39 is 10.0 Å². The summed E-state index contributed by atoms with van der Waals surface area (Å²) in [6.45, 7) is 2.11. The fourth-order valence-electron chi connectivity index (χ4n) is 3.19. The molecule has 0 aliphatic carbocycles. The largest absolute Gasteiger partial charge is 0.239 e. The summed E-state index contributed by atoms with van der Waals surface area (Å²) in [6.07, 6.45) is 2.96. The number of aromatic nitrogens is 2. The van der Waals surface area contributed by atoms with Crippen LogP contribution in [0, 0.1) is 0 Å². The number of hydrogen-bond acceptors (Lipinski definition) is 3. The van der Waals surface area contributed by atoms with Crippen LogP contribution in [-0.2, 0) is 16.4 Å². The number of pyridine rings is 1. The fraction of sp³-hybridized carbons (Fsp3) is 0.0952. The third-order valence-electron chi connectivity index (χ3n) is 4.62. The lowest BCUT2D eigenvalue weighted by Crippen LogP contribution is -2.11. The number of fused-ring (bicyclic) bond motifs is 1. The lowest BCUT2D eigenvalue weighted by molar-refractivity contribution is 0.598. The topological polar surface area (TPSA) is 77.5 Å². The quantitative estimate of drug-likeness (QED) is 0.586. The number of rotatable bonds is 4. The van der Waals surface area contributed by atoms with Crippen molar-refractivity contribution in [2.75, 3.05) is 0 Å².